The normalized spacial score (nSPS) is 12.0. The smallest absolute Gasteiger partial charge is 0.232 e. The SMILES string of the molecule is CC(C)(C)Cn1ccc(F)n1. The van der Waals surface area contributed by atoms with Crippen LogP contribution in [0.15, 0.2) is 12.3 Å². The number of hydrogen-bond donors (Lipinski definition) is 0. The van der Waals surface area contributed by atoms with Crippen molar-refractivity contribution in [2.75, 3.05) is 0 Å². The number of halogens is 1. The van der Waals surface area contributed by atoms with Crippen molar-refractivity contribution in [2.24, 2.45) is 5.41 Å². The first kappa shape index (κ1) is 8.24. The summed E-state index contributed by atoms with van der Waals surface area (Å²) in [5, 5.41) is 3.65. The Morgan fingerprint density at radius 1 is 1.55 bits per heavy atom. The van der Waals surface area contributed by atoms with Gasteiger partial charge in [-0.1, -0.05) is 20.8 Å². The first-order valence-electron chi connectivity index (χ1n) is 3.66. The maximum absolute atomic E-state index is 12.4. The molecular weight excluding hydrogens is 143 g/mol. The summed E-state index contributed by atoms with van der Waals surface area (Å²) in [6.45, 7) is 7.02. The van der Waals surface area contributed by atoms with Crippen molar-refractivity contribution in [1.82, 2.24) is 9.78 Å². The van der Waals surface area contributed by atoms with Crippen LogP contribution in [0, 0.1) is 11.4 Å². The van der Waals surface area contributed by atoms with E-state index in [0.717, 1.165) is 6.54 Å². The molecule has 1 aromatic heterocycles. The second kappa shape index (κ2) is 2.64. The highest BCUT2D eigenvalue weighted by molar-refractivity contribution is 4.82. The van der Waals surface area contributed by atoms with Gasteiger partial charge in [0.1, 0.15) is 0 Å². The van der Waals surface area contributed by atoms with E-state index < -0.39 is 5.95 Å². The van der Waals surface area contributed by atoms with Gasteiger partial charge >= 0.3 is 0 Å². The molecule has 0 saturated heterocycles. The van der Waals surface area contributed by atoms with Crippen LogP contribution in [0.3, 0.4) is 0 Å². The Bertz CT molecular complexity index is 234. The summed E-state index contributed by atoms with van der Waals surface area (Å²) >= 11 is 0. The van der Waals surface area contributed by atoms with Gasteiger partial charge in [0.15, 0.2) is 0 Å². The molecule has 1 rings (SSSR count). The molecule has 0 saturated carbocycles. The topological polar surface area (TPSA) is 17.8 Å². The molecule has 1 aromatic rings. The summed E-state index contributed by atoms with van der Waals surface area (Å²) in [6.07, 6.45) is 1.65. The Morgan fingerprint density at radius 3 is 2.55 bits per heavy atom. The second-order valence-electron chi connectivity index (χ2n) is 3.90. The predicted molar refractivity (Wildman–Crippen MR) is 41.6 cm³/mol. The van der Waals surface area contributed by atoms with Crippen LogP contribution in [-0.4, -0.2) is 9.78 Å². The highest BCUT2D eigenvalue weighted by Gasteiger charge is 2.11. The second-order valence-corrected chi connectivity index (χ2v) is 3.90. The lowest BCUT2D eigenvalue weighted by Gasteiger charge is -2.17. The molecule has 0 aliphatic rings. The Balaban J connectivity index is 2.65. The average Bonchev–Trinajstić information content (AvgIpc) is 2.10. The number of aromatic nitrogens is 2. The highest BCUT2D eigenvalue weighted by atomic mass is 19.1. The summed E-state index contributed by atoms with van der Waals surface area (Å²) < 4.78 is 14.0. The minimum Gasteiger partial charge on any atom is -0.269 e. The van der Waals surface area contributed by atoms with Crippen molar-refractivity contribution >= 4 is 0 Å². The van der Waals surface area contributed by atoms with Gasteiger partial charge in [-0.25, -0.2) is 0 Å². The summed E-state index contributed by atoms with van der Waals surface area (Å²) in [6, 6.07) is 1.37. The van der Waals surface area contributed by atoms with Crippen molar-refractivity contribution in [3.05, 3.63) is 18.2 Å². The zero-order chi connectivity index (χ0) is 8.48. The van der Waals surface area contributed by atoms with E-state index in [4.69, 9.17) is 0 Å². The van der Waals surface area contributed by atoms with E-state index >= 15 is 0 Å². The first-order chi connectivity index (χ1) is 4.97. The van der Waals surface area contributed by atoms with E-state index in [0.29, 0.717) is 0 Å². The molecule has 0 aliphatic carbocycles. The monoisotopic (exact) mass is 156 g/mol. The Morgan fingerprint density at radius 2 is 2.18 bits per heavy atom. The molecule has 0 atom stereocenters. The summed E-state index contributed by atoms with van der Waals surface area (Å²) in [7, 11) is 0. The molecular formula is C8H13FN2. The molecule has 0 N–H and O–H groups in total. The van der Waals surface area contributed by atoms with Gasteiger partial charge in [0.25, 0.3) is 0 Å². The quantitative estimate of drug-likeness (QED) is 0.608. The van der Waals surface area contributed by atoms with Gasteiger partial charge in [0.2, 0.25) is 5.95 Å². The van der Waals surface area contributed by atoms with Crippen LogP contribution in [-0.2, 0) is 6.54 Å². The maximum Gasteiger partial charge on any atom is 0.232 e. The van der Waals surface area contributed by atoms with Gasteiger partial charge in [-0.3, -0.25) is 4.68 Å². The molecule has 62 valence electrons. The highest BCUT2D eigenvalue weighted by Crippen LogP contribution is 2.15. The minimum atomic E-state index is -0.408. The third kappa shape index (κ3) is 2.70. The van der Waals surface area contributed by atoms with E-state index in [1.165, 1.54) is 6.07 Å². The lowest BCUT2D eigenvalue weighted by Crippen LogP contribution is -2.15. The molecule has 1 heterocycles. The van der Waals surface area contributed by atoms with Crippen molar-refractivity contribution < 1.29 is 4.39 Å². The van der Waals surface area contributed by atoms with E-state index in [2.05, 4.69) is 25.9 Å². The van der Waals surface area contributed by atoms with Gasteiger partial charge in [-0.05, 0) is 5.41 Å². The van der Waals surface area contributed by atoms with E-state index in [1.54, 1.807) is 10.9 Å². The van der Waals surface area contributed by atoms with Gasteiger partial charge < -0.3 is 0 Å². The van der Waals surface area contributed by atoms with Crippen LogP contribution in [0.5, 0.6) is 0 Å². The first-order valence-corrected chi connectivity index (χ1v) is 3.66. The Kier molecular flexibility index (Phi) is 1.98. The zero-order valence-electron chi connectivity index (χ0n) is 7.13. The molecule has 0 radical (unpaired) electrons. The van der Waals surface area contributed by atoms with Gasteiger partial charge in [-0.2, -0.15) is 4.39 Å². The molecule has 0 aromatic carbocycles. The summed E-state index contributed by atoms with van der Waals surface area (Å²) in [5.41, 5.74) is 0.151. The fraction of sp³-hybridized carbons (Fsp3) is 0.625. The fourth-order valence-electron chi connectivity index (χ4n) is 0.911. The van der Waals surface area contributed by atoms with Crippen molar-refractivity contribution in [2.45, 2.75) is 27.3 Å². The molecule has 3 heteroatoms. The van der Waals surface area contributed by atoms with Crippen molar-refractivity contribution in [3.8, 4) is 0 Å². The van der Waals surface area contributed by atoms with Gasteiger partial charge in [-0.15, -0.1) is 5.10 Å². The predicted octanol–water partition coefficient (Wildman–Crippen LogP) is 2.07. The largest absolute Gasteiger partial charge is 0.269 e. The number of hydrogen-bond acceptors (Lipinski definition) is 1. The van der Waals surface area contributed by atoms with Crippen LogP contribution in [0.25, 0.3) is 0 Å². The average molecular weight is 156 g/mol. The van der Waals surface area contributed by atoms with Crippen LogP contribution < -0.4 is 0 Å². The number of nitrogens with zero attached hydrogens (tertiary/aromatic N) is 2. The molecule has 11 heavy (non-hydrogen) atoms. The minimum absolute atomic E-state index is 0.151. The third-order valence-corrected chi connectivity index (χ3v) is 1.24. The zero-order valence-corrected chi connectivity index (χ0v) is 7.13. The van der Waals surface area contributed by atoms with Gasteiger partial charge in [0, 0.05) is 18.8 Å². The maximum atomic E-state index is 12.4. The molecule has 0 fully saturated rings. The van der Waals surface area contributed by atoms with Crippen LogP contribution >= 0.6 is 0 Å². The molecule has 0 spiro atoms. The standard InChI is InChI=1S/C8H13FN2/c1-8(2,3)6-11-5-4-7(9)10-11/h4-5H,6H2,1-3H3. The van der Waals surface area contributed by atoms with Crippen molar-refractivity contribution in [3.63, 3.8) is 0 Å². The lowest BCUT2D eigenvalue weighted by atomic mass is 9.97. The Hall–Kier alpha value is -0.860. The van der Waals surface area contributed by atoms with E-state index in [9.17, 15) is 4.39 Å². The fourth-order valence-corrected chi connectivity index (χ4v) is 0.911. The van der Waals surface area contributed by atoms with E-state index in [1.807, 2.05) is 0 Å². The molecule has 2 nitrogen and oxygen atoms in total. The van der Waals surface area contributed by atoms with Crippen LogP contribution in [0.4, 0.5) is 4.39 Å². The van der Waals surface area contributed by atoms with Gasteiger partial charge in [0.05, 0.1) is 0 Å². The van der Waals surface area contributed by atoms with Crippen LogP contribution in [0.2, 0.25) is 0 Å². The molecule has 0 bridgehead atoms. The third-order valence-electron chi connectivity index (χ3n) is 1.24. The Labute approximate surface area is 66.0 Å². The molecule has 0 unspecified atom stereocenters. The van der Waals surface area contributed by atoms with Crippen LogP contribution in [0.1, 0.15) is 20.8 Å². The van der Waals surface area contributed by atoms with Crippen molar-refractivity contribution in [1.29, 1.82) is 0 Å². The molecule has 0 aliphatic heterocycles. The molecule has 0 amide bonds. The van der Waals surface area contributed by atoms with E-state index in [-0.39, 0.29) is 5.41 Å². The number of rotatable bonds is 1. The summed E-state index contributed by atoms with van der Waals surface area (Å²) in [5.74, 6) is -0.408. The summed E-state index contributed by atoms with van der Waals surface area (Å²) in [4.78, 5) is 0. The lowest BCUT2D eigenvalue weighted by molar-refractivity contribution is 0.319.